The molecule has 0 amide bonds. The molecule has 1 unspecified atom stereocenters. The fourth-order valence-electron chi connectivity index (χ4n) is 1.37. The van der Waals surface area contributed by atoms with Gasteiger partial charge in [-0.3, -0.25) is 4.79 Å². The van der Waals surface area contributed by atoms with Gasteiger partial charge in [0.05, 0.1) is 6.10 Å². The van der Waals surface area contributed by atoms with Gasteiger partial charge in [-0.05, 0) is 33.2 Å². The highest BCUT2D eigenvalue weighted by Crippen LogP contribution is 2.08. The van der Waals surface area contributed by atoms with Gasteiger partial charge in [0.25, 0.3) is 0 Å². The van der Waals surface area contributed by atoms with Crippen LogP contribution in [0.2, 0.25) is 0 Å². The molecule has 70 valence electrons. The van der Waals surface area contributed by atoms with E-state index in [9.17, 15) is 4.79 Å². The van der Waals surface area contributed by atoms with Crippen LogP contribution in [0.5, 0.6) is 0 Å². The van der Waals surface area contributed by atoms with Crippen molar-refractivity contribution >= 4 is 5.97 Å². The van der Waals surface area contributed by atoms with Crippen LogP contribution in [-0.2, 0) is 9.53 Å². The highest BCUT2D eigenvalue weighted by atomic mass is 16.5. The van der Waals surface area contributed by atoms with Gasteiger partial charge in [0.1, 0.15) is 6.04 Å². The predicted molar refractivity (Wildman–Crippen MR) is 46.9 cm³/mol. The monoisotopic (exact) mass is 171 g/mol. The van der Waals surface area contributed by atoms with Crippen LogP contribution in [0.15, 0.2) is 0 Å². The molecule has 0 aromatic rings. The summed E-state index contributed by atoms with van der Waals surface area (Å²) in [6, 6.07) is -0.0545. The molecular formula is C9H17NO2. The molecule has 1 rings (SSSR count). The number of hydrogen-bond acceptors (Lipinski definition) is 3. The maximum Gasteiger partial charge on any atom is 0.323 e. The fourth-order valence-corrected chi connectivity index (χ4v) is 1.37. The Morgan fingerprint density at radius 2 is 2.25 bits per heavy atom. The average molecular weight is 171 g/mol. The largest absolute Gasteiger partial charge is 0.462 e. The number of carbonyl (C=O) groups is 1. The first-order valence-corrected chi connectivity index (χ1v) is 4.64. The molecule has 1 heterocycles. The number of hydrogen-bond donors (Lipinski definition) is 1. The van der Waals surface area contributed by atoms with Gasteiger partial charge < -0.3 is 10.1 Å². The minimum absolute atomic E-state index is 0.00114. The molecule has 0 radical (unpaired) electrons. The molecule has 1 N–H and O–H groups in total. The number of ether oxygens (including phenoxy) is 1. The Labute approximate surface area is 73.5 Å². The molecule has 1 atom stereocenters. The van der Waals surface area contributed by atoms with Crippen molar-refractivity contribution in [3.63, 3.8) is 0 Å². The second kappa shape index (κ2) is 4.45. The highest BCUT2D eigenvalue weighted by molar-refractivity contribution is 5.76. The summed E-state index contributed by atoms with van der Waals surface area (Å²) in [6.45, 7) is 4.69. The first kappa shape index (κ1) is 9.52. The summed E-state index contributed by atoms with van der Waals surface area (Å²) < 4.78 is 5.09. The minimum Gasteiger partial charge on any atom is -0.462 e. The first-order chi connectivity index (χ1) is 5.70. The second-order valence-electron chi connectivity index (χ2n) is 3.49. The van der Waals surface area contributed by atoms with E-state index in [0.717, 1.165) is 19.4 Å². The lowest BCUT2D eigenvalue weighted by Crippen LogP contribution is -2.42. The standard InChI is InChI=1S/C9H17NO2/c1-7(2)12-9(11)8-5-3-4-6-10-8/h7-8,10H,3-6H2,1-2H3. The lowest BCUT2D eigenvalue weighted by Gasteiger charge is -2.22. The van der Waals surface area contributed by atoms with Gasteiger partial charge in [-0.25, -0.2) is 0 Å². The smallest absolute Gasteiger partial charge is 0.323 e. The molecule has 3 heteroatoms. The maximum absolute atomic E-state index is 11.3. The van der Waals surface area contributed by atoms with E-state index in [1.807, 2.05) is 13.8 Å². The zero-order valence-electron chi connectivity index (χ0n) is 7.80. The molecule has 1 aliphatic heterocycles. The predicted octanol–water partition coefficient (Wildman–Crippen LogP) is 1.08. The quantitative estimate of drug-likeness (QED) is 0.632. The normalized spacial score (nSPS) is 24.1. The summed E-state index contributed by atoms with van der Waals surface area (Å²) in [5, 5.41) is 3.15. The number of nitrogens with one attached hydrogen (secondary N) is 1. The van der Waals surface area contributed by atoms with Crippen molar-refractivity contribution in [2.75, 3.05) is 6.54 Å². The SMILES string of the molecule is CC(C)OC(=O)C1CCCCN1. The van der Waals surface area contributed by atoms with Crippen molar-refractivity contribution in [2.24, 2.45) is 0 Å². The Bertz CT molecular complexity index is 151. The molecule has 1 aliphatic rings. The van der Waals surface area contributed by atoms with Crippen LogP contribution < -0.4 is 5.32 Å². The van der Waals surface area contributed by atoms with Gasteiger partial charge in [-0.1, -0.05) is 6.42 Å². The third-order valence-electron chi connectivity index (χ3n) is 1.95. The van der Waals surface area contributed by atoms with Crippen LogP contribution in [0.25, 0.3) is 0 Å². The fraction of sp³-hybridized carbons (Fsp3) is 0.889. The Morgan fingerprint density at radius 3 is 2.75 bits per heavy atom. The zero-order valence-corrected chi connectivity index (χ0v) is 7.80. The Morgan fingerprint density at radius 1 is 1.50 bits per heavy atom. The lowest BCUT2D eigenvalue weighted by atomic mass is 10.1. The van der Waals surface area contributed by atoms with E-state index in [1.54, 1.807) is 0 Å². The summed E-state index contributed by atoms with van der Waals surface area (Å²) in [5.41, 5.74) is 0. The summed E-state index contributed by atoms with van der Waals surface area (Å²) in [6.07, 6.45) is 3.23. The molecule has 1 fully saturated rings. The van der Waals surface area contributed by atoms with Crippen molar-refractivity contribution in [2.45, 2.75) is 45.3 Å². The van der Waals surface area contributed by atoms with Crippen LogP contribution >= 0.6 is 0 Å². The molecule has 12 heavy (non-hydrogen) atoms. The van der Waals surface area contributed by atoms with Crippen molar-refractivity contribution in [1.82, 2.24) is 5.32 Å². The van der Waals surface area contributed by atoms with Crippen LogP contribution in [0.3, 0.4) is 0 Å². The molecule has 3 nitrogen and oxygen atoms in total. The molecule has 0 aromatic carbocycles. The third-order valence-corrected chi connectivity index (χ3v) is 1.95. The van der Waals surface area contributed by atoms with Crippen LogP contribution in [0.4, 0.5) is 0 Å². The second-order valence-corrected chi connectivity index (χ2v) is 3.49. The van der Waals surface area contributed by atoms with E-state index in [2.05, 4.69) is 5.32 Å². The van der Waals surface area contributed by atoms with E-state index < -0.39 is 0 Å². The van der Waals surface area contributed by atoms with Crippen LogP contribution in [0.1, 0.15) is 33.1 Å². The maximum atomic E-state index is 11.3. The summed E-state index contributed by atoms with van der Waals surface area (Å²) in [7, 11) is 0. The lowest BCUT2D eigenvalue weighted by molar-refractivity contribution is -0.150. The van der Waals surface area contributed by atoms with Gasteiger partial charge in [0, 0.05) is 0 Å². The Hall–Kier alpha value is -0.570. The van der Waals surface area contributed by atoms with Gasteiger partial charge in [-0.2, -0.15) is 0 Å². The van der Waals surface area contributed by atoms with Gasteiger partial charge in [0.2, 0.25) is 0 Å². The number of esters is 1. The number of piperidine rings is 1. The molecule has 0 spiro atoms. The topological polar surface area (TPSA) is 38.3 Å². The molecule has 0 aliphatic carbocycles. The van der Waals surface area contributed by atoms with Crippen LogP contribution in [-0.4, -0.2) is 24.7 Å². The van der Waals surface area contributed by atoms with Gasteiger partial charge in [0.15, 0.2) is 0 Å². The van der Waals surface area contributed by atoms with E-state index in [1.165, 1.54) is 6.42 Å². The molecule has 0 aromatic heterocycles. The van der Waals surface area contributed by atoms with Crippen molar-refractivity contribution in [3.8, 4) is 0 Å². The number of carbonyl (C=O) groups excluding carboxylic acids is 1. The summed E-state index contributed by atoms with van der Waals surface area (Å²) >= 11 is 0. The average Bonchev–Trinajstić information content (AvgIpc) is 2.05. The van der Waals surface area contributed by atoms with E-state index in [4.69, 9.17) is 4.74 Å². The molecule has 1 saturated heterocycles. The van der Waals surface area contributed by atoms with Crippen LogP contribution in [0, 0.1) is 0 Å². The summed E-state index contributed by atoms with van der Waals surface area (Å²) in [5.74, 6) is -0.0929. The summed E-state index contributed by atoms with van der Waals surface area (Å²) in [4.78, 5) is 11.3. The minimum atomic E-state index is -0.0929. The zero-order chi connectivity index (χ0) is 8.97. The molecular weight excluding hydrogens is 154 g/mol. The highest BCUT2D eigenvalue weighted by Gasteiger charge is 2.22. The third kappa shape index (κ3) is 2.81. The Balaban J connectivity index is 2.30. The Kier molecular flexibility index (Phi) is 3.53. The molecule has 0 saturated carbocycles. The van der Waals surface area contributed by atoms with E-state index in [-0.39, 0.29) is 18.1 Å². The van der Waals surface area contributed by atoms with Crippen molar-refractivity contribution in [3.05, 3.63) is 0 Å². The van der Waals surface area contributed by atoms with Gasteiger partial charge >= 0.3 is 5.97 Å². The number of rotatable bonds is 2. The van der Waals surface area contributed by atoms with E-state index in [0.29, 0.717) is 0 Å². The molecule has 0 bridgehead atoms. The van der Waals surface area contributed by atoms with Gasteiger partial charge in [-0.15, -0.1) is 0 Å². The first-order valence-electron chi connectivity index (χ1n) is 4.64. The van der Waals surface area contributed by atoms with Crippen molar-refractivity contribution in [1.29, 1.82) is 0 Å². The van der Waals surface area contributed by atoms with E-state index >= 15 is 0 Å². The van der Waals surface area contributed by atoms with Crippen molar-refractivity contribution < 1.29 is 9.53 Å².